The van der Waals surface area contributed by atoms with Crippen LogP contribution in [0.2, 0.25) is 0 Å². The molecular formula is C10H18O. The van der Waals surface area contributed by atoms with Crippen molar-refractivity contribution in [1.29, 1.82) is 0 Å². The van der Waals surface area contributed by atoms with E-state index in [-0.39, 0.29) is 5.92 Å². The van der Waals surface area contributed by atoms with Crippen LogP contribution in [0, 0.1) is 11.8 Å². The summed E-state index contributed by atoms with van der Waals surface area (Å²) >= 11 is 0. The maximum absolute atomic E-state index is 11.2. The van der Waals surface area contributed by atoms with E-state index in [9.17, 15) is 4.79 Å². The van der Waals surface area contributed by atoms with Crippen LogP contribution in [0.1, 0.15) is 46.0 Å². The molecule has 1 saturated carbocycles. The lowest BCUT2D eigenvalue weighted by Gasteiger charge is -2.24. The summed E-state index contributed by atoms with van der Waals surface area (Å²) in [7, 11) is 0. The van der Waals surface area contributed by atoms with Gasteiger partial charge in [-0.1, -0.05) is 33.1 Å². The highest BCUT2D eigenvalue weighted by Crippen LogP contribution is 2.30. The Morgan fingerprint density at radius 1 is 1.45 bits per heavy atom. The number of hydrogen-bond acceptors (Lipinski definition) is 1. The molecule has 0 saturated heterocycles. The minimum absolute atomic E-state index is 0.245. The van der Waals surface area contributed by atoms with Crippen LogP contribution in [-0.4, -0.2) is 5.78 Å². The lowest BCUT2D eigenvalue weighted by atomic mass is 9.81. The molecule has 0 N–H and O–H groups in total. The molecule has 0 spiro atoms. The number of carbonyl (C=O) groups excluding carboxylic acids is 1. The van der Waals surface area contributed by atoms with Gasteiger partial charge in [0.15, 0.2) is 0 Å². The van der Waals surface area contributed by atoms with E-state index >= 15 is 0 Å². The van der Waals surface area contributed by atoms with E-state index in [1.165, 1.54) is 19.3 Å². The standard InChI is InChI=1S/C10H18O/c1-8(2)10(11)7-6-9-4-3-5-9/h8-9H,3-7H2,1-2H3. The molecule has 0 bridgehead atoms. The molecule has 0 aromatic heterocycles. The molecule has 0 aromatic rings. The Labute approximate surface area is 69.2 Å². The van der Waals surface area contributed by atoms with Gasteiger partial charge in [0.2, 0.25) is 0 Å². The van der Waals surface area contributed by atoms with Gasteiger partial charge in [-0.05, 0) is 12.3 Å². The summed E-state index contributed by atoms with van der Waals surface area (Å²) in [6.45, 7) is 3.98. The predicted octanol–water partition coefficient (Wildman–Crippen LogP) is 2.79. The first-order chi connectivity index (χ1) is 5.20. The quantitative estimate of drug-likeness (QED) is 0.608. The molecule has 1 nitrogen and oxygen atoms in total. The third-order valence-electron chi connectivity index (χ3n) is 2.67. The summed E-state index contributed by atoms with van der Waals surface area (Å²) in [5, 5.41) is 0. The number of Topliss-reactive ketones (excluding diaryl/α,β-unsaturated/α-hetero) is 1. The van der Waals surface area contributed by atoms with Crippen molar-refractivity contribution in [3.05, 3.63) is 0 Å². The van der Waals surface area contributed by atoms with Crippen molar-refractivity contribution < 1.29 is 4.79 Å². The maximum Gasteiger partial charge on any atom is 0.135 e. The normalized spacial score (nSPS) is 18.5. The number of ketones is 1. The second kappa shape index (κ2) is 3.89. The average molecular weight is 154 g/mol. The maximum atomic E-state index is 11.2. The largest absolute Gasteiger partial charge is 0.299 e. The lowest BCUT2D eigenvalue weighted by Crippen LogP contribution is -2.14. The van der Waals surface area contributed by atoms with Gasteiger partial charge in [0.25, 0.3) is 0 Å². The Hall–Kier alpha value is -0.330. The molecule has 0 aromatic carbocycles. The molecule has 11 heavy (non-hydrogen) atoms. The first-order valence-corrected chi connectivity index (χ1v) is 4.73. The Kier molecular flexibility index (Phi) is 3.10. The molecule has 64 valence electrons. The van der Waals surface area contributed by atoms with E-state index < -0.39 is 0 Å². The number of rotatable bonds is 4. The molecule has 0 aliphatic heterocycles. The van der Waals surface area contributed by atoms with Crippen molar-refractivity contribution in [2.24, 2.45) is 11.8 Å². The zero-order valence-electron chi connectivity index (χ0n) is 7.60. The Morgan fingerprint density at radius 3 is 2.45 bits per heavy atom. The molecule has 0 unspecified atom stereocenters. The van der Waals surface area contributed by atoms with Crippen LogP contribution in [0.3, 0.4) is 0 Å². The summed E-state index contributed by atoms with van der Waals surface area (Å²) in [5.41, 5.74) is 0. The van der Waals surface area contributed by atoms with Crippen LogP contribution >= 0.6 is 0 Å². The van der Waals surface area contributed by atoms with Gasteiger partial charge in [-0.3, -0.25) is 4.79 Å². The van der Waals surface area contributed by atoms with Crippen molar-refractivity contribution >= 4 is 5.78 Å². The Balaban J connectivity index is 2.06. The second-order valence-electron chi connectivity index (χ2n) is 3.96. The third kappa shape index (κ3) is 2.64. The second-order valence-corrected chi connectivity index (χ2v) is 3.96. The molecule has 0 radical (unpaired) electrons. The SMILES string of the molecule is CC(C)C(=O)CCC1CCC1. The van der Waals surface area contributed by atoms with Crippen LogP contribution in [0.15, 0.2) is 0 Å². The van der Waals surface area contributed by atoms with E-state index in [0.717, 1.165) is 18.8 Å². The average Bonchev–Trinajstić information content (AvgIpc) is 1.83. The lowest BCUT2D eigenvalue weighted by molar-refractivity contribution is -0.122. The summed E-state index contributed by atoms with van der Waals surface area (Å²) in [6.07, 6.45) is 6.09. The summed E-state index contributed by atoms with van der Waals surface area (Å²) in [5.74, 6) is 1.57. The van der Waals surface area contributed by atoms with E-state index in [1.54, 1.807) is 0 Å². The minimum Gasteiger partial charge on any atom is -0.299 e. The number of carbonyl (C=O) groups is 1. The van der Waals surface area contributed by atoms with E-state index in [1.807, 2.05) is 13.8 Å². The first-order valence-electron chi connectivity index (χ1n) is 4.73. The highest BCUT2D eigenvalue weighted by Gasteiger charge is 2.18. The molecule has 1 aliphatic carbocycles. The van der Waals surface area contributed by atoms with Crippen molar-refractivity contribution in [2.45, 2.75) is 46.0 Å². The molecule has 0 amide bonds. The predicted molar refractivity (Wildman–Crippen MR) is 46.4 cm³/mol. The van der Waals surface area contributed by atoms with Gasteiger partial charge in [-0.25, -0.2) is 0 Å². The topological polar surface area (TPSA) is 17.1 Å². The van der Waals surface area contributed by atoms with Crippen LogP contribution in [-0.2, 0) is 4.79 Å². The van der Waals surface area contributed by atoms with E-state index in [2.05, 4.69) is 0 Å². The smallest absolute Gasteiger partial charge is 0.135 e. The molecular weight excluding hydrogens is 136 g/mol. The van der Waals surface area contributed by atoms with E-state index in [4.69, 9.17) is 0 Å². The molecule has 1 aliphatic rings. The zero-order valence-corrected chi connectivity index (χ0v) is 7.60. The van der Waals surface area contributed by atoms with Crippen molar-refractivity contribution in [3.63, 3.8) is 0 Å². The van der Waals surface area contributed by atoms with Gasteiger partial charge in [-0.2, -0.15) is 0 Å². The van der Waals surface area contributed by atoms with Gasteiger partial charge in [0.1, 0.15) is 5.78 Å². The fourth-order valence-corrected chi connectivity index (χ4v) is 1.42. The number of hydrogen-bond donors (Lipinski definition) is 0. The Bertz CT molecular complexity index is 134. The minimum atomic E-state index is 0.245. The summed E-state index contributed by atoms with van der Waals surface area (Å²) in [4.78, 5) is 11.2. The van der Waals surface area contributed by atoms with Gasteiger partial charge in [0.05, 0.1) is 0 Å². The Morgan fingerprint density at radius 2 is 2.09 bits per heavy atom. The van der Waals surface area contributed by atoms with E-state index in [0.29, 0.717) is 5.78 Å². The van der Waals surface area contributed by atoms with Gasteiger partial charge in [0, 0.05) is 12.3 Å². The zero-order chi connectivity index (χ0) is 8.27. The molecule has 0 atom stereocenters. The first kappa shape index (κ1) is 8.76. The van der Waals surface area contributed by atoms with Crippen LogP contribution in [0.25, 0.3) is 0 Å². The fraction of sp³-hybridized carbons (Fsp3) is 0.900. The summed E-state index contributed by atoms with van der Waals surface area (Å²) < 4.78 is 0. The molecule has 0 heterocycles. The third-order valence-corrected chi connectivity index (χ3v) is 2.67. The molecule has 1 heteroatoms. The van der Waals surface area contributed by atoms with Gasteiger partial charge >= 0.3 is 0 Å². The summed E-state index contributed by atoms with van der Waals surface area (Å²) in [6, 6.07) is 0. The van der Waals surface area contributed by atoms with Crippen LogP contribution < -0.4 is 0 Å². The van der Waals surface area contributed by atoms with Crippen LogP contribution in [0.4, 0.5) is 0 Å². The van der Waals surface area contributed by atoms with Gasteiger partial charge < -0.3 is 0 Å². The highest BCUT2D eigenvalue weighted by molar-refractivity contribution is 5.80. The molecule has 1 rings (SSSR count). The van der Waals surface area contributed by atoms with Crippen molar-refractivity contribution in [2.75, 3.05) is 0 Å². The van der Waals surface area contributed by atoms with Crippen LogP contribution in [0.5, 0.6) is 0 Å². The van der Waals surface area contributed by atoms with Crippen molar-refractivity contribution in [3.8, 4) is 0 Å². The van der Waals surface area contributed by atoms with Crippen molar-refractivity contribution in [1.82, 2.24) is 0 Å². The monoisotopic (exact) mass is 154 g/mol. The highest BCUT2D eigenvalue weighted by atomic mass is 16.1. The fourth-order valence-electron chi connectivity index (χ4n) is 1.42. The van der Waals surface area contributed by atoms with Gasteiger partial charge in [-0.15, -0.1) is 0 Å². The molecule has 1 fully saturated rings.